The van der Waals surface area contributed by atoms with Gasteiger partial charge in [-0.15, -0.1) is 0 Å². The van der Waals surface area contributed by atoms with Crippen LogP contribution in [0.25, 0.3) is 0 Å². The van der Waals surface area contributed by atoms with Gasteiger partial charge in [-0.05, 0) is 12.8 Å². The lowest BCUT2D eigenvalue weighted by molar-refractivity contribution is 0.1000. The molecular formula is C9H15N3OS. The molecule has 1 aromatic heterocycles. The summed E-state index contributed by atoms with van der Waals surface area (Å²) in [7, 11) is 1.89. The average Bonchev–Trinajstić information content (AvgIpc) is 2.47. The van der Waals surface area contributed by atoms with Crippen molar-refractivity contribution in [3.8, 4) is 0 Å². The quantitative estimate of drug-likeness (QED) is 0.804. The van der Waals surface area contributed by atoms with Crippen molar-refractivity contribution in [2.45, 2.75) is 23.1 Å². The van der Waals surface area contributed by atoms with E-state index in [4.69, 9.17) is 10.5 Å². The smallest absolute Gasteiger partial charge is 0.141 e. The van der Waals surface area contributed by atoms with E-state index < -0.39 is 0 Å². The topological polar surface area (TPSA) is 53.1 Å². The van der Waals surface area contributed by atoms with Gasteiger partial charge < -0.3 is 10.5 Å². The van der Waals surface area contributed by atoms with E-state index in [1.807, 2.05) is 13.2 Å². The predicted octanol–water partition coefficient (Wildman–Crippen LogP) is 1.27. The van der Waals surface area contributed by atoms with Crippen molar-refractivity contribution in [2.75, 3.05) is 18.9 Å². The van der Waals surface area contributed by atoms with Gasteiger partial charge in [0.1, 0.15) is 5.03 Å². The van der Waals surface area contributed by atoms with Gasteiger partial charge in [-0.3, -0.25) is 4.68 Å². The Kier molecular flexibility index (Phi) is 2.98. The molecule has 0 amide bonds. The van der Waals surface area contributed by atoms with Crippen molar-refractivity contribution in [2.24, 2.45) is 7.05 Å². The lowest BCUT2D eigenvalue weighted by atomic mass is 10.2. The van der Waals surface area contributed by atoms with Gasteiger partial charge in [0.15, 0.2) is 0 Å². The number of nitrogens with zero attached hydrogens (tertiary/aromatic N) is 2. The van der Waals surface area contributed by atoms with Crippen LogP contribution in [0.5, 0.6) is 0 Å². The van der Waals surface area contributed by atoms with Crippen LogP contribution in [0, 0.1) is 0 Å². The summed E-state index contributed by atoms with van der Waals surface area (Å²) in [6, 6.07) is 0. The van der Waals surface area contributed by atoms with E-state index in [2.05, 4.69) is 5.10 Å². The van der Waals surface area contributed by atoms with E-state index in [1.54, 1.807) is 16.4 Å². The molecule has 2 heterocycles. The second kappa shape index (κ2) is 4.23. The van der Waals surface area contributed by atoms with Crippen LogP contribution in [0.4, 0.5) is 5.69 Å². The molecule has 2 N–H and O–H groups in total. The maximum atomic E-state index is 5.82. The Morgan fingerprint density at radius 1 is 1.57 bits per heavy atom. The van der Waals surface area contributed by atoms with Gasteiger partial charge in [0.25, 0.3) is 0 Å². The van der Waals surface area contributed by atoms with Crippen LogP contribution in [0.2, 0.25) is 0 Å². The number of anilines is 1. The van der Waals surface area contributed by atoms with E-state index in [0.717, 1.165) is 36.8 Å². The molecule has 0 aromatic carbocycles. The molecule has 2 rings (SSSR count). The molecule has 0 atom stereocenters. The maximum absolute atomic E-state index is 5.82. The second-order valence-corrected chi connectivity index (χ2v) is 4.78. The molecule has 0 spiro atoms. The van der Waals surface area contributed by atoms with Gasteiger partial charge >= 0.3 is 0 Å². The van der Waals surface area contributed by atoms with Crippen LogP contribution < -0.4 is 5.73 Å². The van der Waals surface area contributed by atoms with Crippen molar-refractivity contribution in [1.82, 2.24) is 9.78 Å². The van der Waals surface area contributed by atoms with Crippen LogP contribution >= 0.6 is 11.8 Å². The van der Waals surface area contributed by atoms with Crippen LogP contribution in [0.1, 0.15) is 12.8 Å². The molecule has 1 saturated heterocycles. The summed E-state index contributed by atoms with van der Waals surface area (Å²) < 4.78 is 7.06. The molecule has 0 aliphatic carbocycles. The third-order valence-corrected chi connectivity index (χ3v) is 3.61. The van der Waals surface area contributed by atoms with Gasteiger partial charge in [-0.25, -0.2) is 0 Å². The number of ether oxygens (including phenoxy) is 1. The first-order valence-electron chi connectivity index (χ1n) is 4.79. The Balaban J connectivity index is 1.98. The van der Waals surface area contributed by atoms with Crippen molar-refractivity contribution in [3.63, 3.8) is 0 Å². The standard InChI is InChI=1S/C9H15N3OS/c1-12-6-8(10)9(11-12)14-7-2-4-13-5-3-7/h6-7H,2-5,10H2,1H3. The highest BCUT2D eigenvalue weighted by Gasteiger charge is 2.17. The predicted molar refractivity (Wildman–Crippen MR) is 57.3 cm³/mol. The molecular weight excluding hydrogens is 198 g/mol. The third kappa shape index (κ3) is 2.22. The Labute approximate surface area is 87.8 Å². The minimum atomic E-state index is 0.612. The fourth-order valence-electron chi connectivity index (χ4n) is 1.53. The third-order valence-electron chi connectivity index (χ3n) is 2.27. The number of hydrogen-bond acceptors (Lipinski definition) is 4. The minimum Gasteiger partial charge on any atom is -0.395 e. The normalized spacial score (nSPS) is 18.6. The molecule has 0 bridgehead atoms. The van der Waals surface area contributed by atoms with Crippen molar-refractivity contribution >= 4 is 17.4 Å². The number of rotatable bonds is 2. The monoisotopic (exact) mass is 213 g/mol. The van der Waals surface area contributed by atoms with Crippen LogP contribution in [-0.4, -0.2) is 28.2 Å². The van der Waals surface area contributed by atoms with Crippen LogP contribution in [-0.2, 0) is 11.8 Å². The summed E-state index contributed by atoms with van der Waals surface area (Å²) in [4.78, 5) is 0. The first-order valence-corrected chi connectivity index (χ1v) is 5.67. The Bertz CT molecular complexity index is 307. The zero-order valence-corrected chi connectivity index (χ0v) is 9.09. The fraction of sp³-hybridized carbons (Fsp3) is 0.667. The number of thioether (sulfide) groups is 1. The van der Waals surface area contributed by atoms with Crippen LogP contribution in [0.3, 0.4) is 0 Å². The maximum Gasteiger partial charge on any atom is 0.141 e. The van der Waals surface area contributed by atoms with Gasteiger partial charge in [-0.1, -0.05) is 11.8 Å². The van der Waals surface area contributed by atoms with Gasteiger partial charge in [0.2, 0.25) is 0 Å². The molecule has 1 aliphatic rings. The Morgan fingerprint density at radius 3 is 2.86 bits per heavy atom. The van der Waals surface area contributed by atoms with Crippen LogP contribution in [0.15, 0.2) is 11.2 Å². The highest BCUT2D eigenvalue weighted by molar-refractivity contribution is 8.00. The van der Waals surface area contributed by atoms with E-state index in [9.17, 15) is 0 Å². The molecule has 1 fully saturated rings. The zero-order valence-electron chi connectivity index (χ0n) is 8.27. The number of aryl methyl sites for hydroxylation is 1. The lowest BCUT2D eigenvalue weighted by Gasteiger charge is -2.20. The molecule has 0 radical (unpaired) electrons. The van der Waals surface area contributed by atoms with Gasteiger partial charge in [-0.2, -0.15) is 5.10 Å². The van der Waals surface area contributed by atoms with E-state index in [0.29, 0.717) is 5.25 Å². The molecule has 0 unspecified atom stereocenters. The SMILES string of the molecule is Cn1cc(N)c(SC2CCOCC2)n1. The molecule has 4 nitrogen and oxygen atoms in total. The molecule has 0 saturated carbocycles. The number of nitrogen functional groups attached to an aromatic ring is 1. The average molecular weight is 213 g/mol. The molecule has 78 valence electrons. The molecule has 14 heavy (non-hydrogen) atoms. The number of aromatic nitrogens is 2. The van der Waals surface area contributed by atoms with E-state index in [-0.39, 0.29) is 0 Å². The summed E-state index contributed by atoms with van der Waals surface area (Å²) in [5.41, 5.74) is 6.60. The summed E-state index contributed by atoms with van der Waals surface area (Å²) >= 11 is 1.78. The van der Waals surface area contributed by atoms with Gasteiger partial charge in [0, 0.05) is 31.7 Å². The second-order valence-electron chi connectivity index (χ2n) is 3.49. The summed E-state index contributed by atoms with van der Waals surface area (Å²) in [5.74, 6) is 0. The van der Waals surface area contributed by atoms with E-state index in [1.165, 1.54) is 0 Å². The summed E-state index contributed by atoms with van der Waals surface area (Å²) in [5, 5.41) is 5.89. The fourth-order valence-corrected chi connectivity index (χ4v) is 2.64. The first-order chi connectivity index (χ1) is 6.75. The van der Waals surface area contributed by atoms with Crippen molar-refractivity contribution in [1.29, 1.82) is 0 Å². The van der Waals surface area contributed by atoms with Crippen molar-refractivity contribution < 1.29 is 4.74 Å². The molecule has 1 aliphatic heterocycles. The van der Waals surface area contributed by atoms with Gasteiger partial charge in [0.05, 0.1) is 5.69 Å². The molecule has 1 aromatic rings. The molecule has 5 heteroatoms. The highest BCUT2D eigenvalue weighted by Crippen LogP contribution is 2.31. The summed E-state index contributed by atoms with van der Waals surface area (Å²) in [6.45, 7) is 1.73. The highest BCUT2D eigenvalue weighted by atomic mass is 32.2. The lowest BCUT2D eigenvalue weighted by Crippen LogP contribution is -2.17. The largest absolute Gasteiger partial charge is 0.395 e. The number of hydrogen-bond donors (Lipinski definition) is 1. The van der Waals surface area contributed by atoms with Crippen molar-refractivity contribution in [3.05, 3.63) is 6.20 Å². The Morgan fingerprint density at radius 2 is 2.29 bits per heavy atom. The minimum absolute atomic E-state index is 0.612. The summed E-state index contributed by atoms with van der Waals surface area (Å²) in [6.07, 6.45) is 4.04. The first kappa shape index (κ1) is 9.86. The Hall–Kier alpha value is -0.680. The van der Waals surface area contributed by atoms with E-state index >= 15 is 0 Å². The zero-order chi connectivity index (χ0) is 9.97. The number of nitrogens with two attached hydrogens (primary N) is 1.